The number of amides is 1. The van der Waals surface area contributed by atoms with Crippen molar-refractivity contribution in [1.82, 2.24) is 4.98 Å². The van der Waals surface area contributed by atoms with Crippen molar-refractivity contribution < 1.29 is 4.79 Å². The maximum atomic E-state index is 12.1. The summed E-state index contributed by atoms with van der Waals surface area (Å²) in [6.45, 7) is 3.85. The van der Waals surface area contributed by atoms with Gasteiger partial charge in [-0.1, -0.05) is 29.3 Å². The van der Waals surface area contributed by atoms with Crippen LogP contribution < -0.4 is 5.32 Å². The number of pyridine rings is 1. The second-order valence-corrected chi connectivity index (χ2v) is 5.06. The van der Waals surface area contributed by atoms with E-state index in [9.17, 15) is 4.79 Å². The van der Waals surface area contributed by atoms with Crippen LogP contribution in [0.3, 0.4) is 0 Å². The molecule has 0 atom stereocenters. The third kappa shape index (κ3) is 3.25. The first kappa shape index (κ1) is 13.8. The molecule has 0 fully saturated rings. The van der Waals surface area contributed by atoms with E-state index in [0.29, 0.717) is 21.4 Å². The summed E-state index contributed by atoms with van der Waals surface area (Å²) in [5, 5.41) is 3.66. The van der Waals surface area contributed by atoms with Crippen molar-refractivity contribution in [2.75, 3.05) is 5.32 Å². The van der Waals surface area contributed by atoms with Crippen molar-refractivity contribution in [2.45, 2.75) is 13.8 Å². The molecule has 0 radical (unpaired) electrons. The van der Waals surface area contributed by atoms with Gasteiger partial charge in [0.05, 0.1) is 16.3 Å². The van der Waals surface area contributed by atoms with Crippen molar-refractivity contribution in [3.05, 3.63) is 57.3 Å². The van der Waals surface area contributed by atoms with Gasteiger partial charge in [-0.15, -0.1) is 0 Å². The normalized spacial score (nSPS) is 10.3. The quantitative estimate of drug-likeness (QED) is 0.841. The molecule has 0 bridgehead atoms. The van der Waals surface area contributed by atoms with Crippen LogP contribution in [0.1, 0.15) is 21.5 Å². The van der Waals surface area contributed by atoms with Crippen LogP contribution in [0.5, 0.6) is 0 Å². The van der Waals surface area contributed by atoms with Crippen molar-refractivity contribution in [1.29, 1.82) is 0 Å². The Morgan fingerprint density at radius 3 is 2.53 bits per heavy atom. The molecule has 1 heterocycles. The Morgan fingerprint density at radius 1 is 1.21 bits per heavy atom. The number of aryl methyl sites for hydroxylation is 2. The van der Waals surface area contributed by atoms with Crippen molar-refractivity contribution in [3.8, 4) is 0 Å². The highest BCUT2D eigenvalue weighted by molar-refractivity contribution is 6.34. The Balaban J connectivity index is 2.26. The zero-order valence-electron chi connectivity index (χ0n) is 10.5. The van der Waals surface area contributed by atoms with E-state index in [1.54, 1.807) is 12.1 Å². The van der Waals surface area contributed by atoms with Gasteiger partial charge >= 0.3 is 0 Å². The monoisotopic (exact) mass is 294 g/mol. The number of hydrogen-bond acceptors (Lipinski definition) is 2. The van der Waals surface area contributed by atoms with Crippen molar-refractivity contribution >= 4 is 34.8 Å². The van der Waals surface area contributed by atoms with E-state index in [0.717, 1.165) is 11.1 Å². The molecule has 98 valence electrons. The van der Waals surface area contributed by atoms with Crippen LogP contribution in [0.15, 0.2) is 30.5 Å². The summed E-state index contributed by atoms with van der Waals surface area (Å²) >= 11 is 11.8. The molecule has 5 heteroatoms. The zero-order valence-corrected chi connectivity index (χ0v) is 12.0. The van der Waals surface area contributed by atoms with Gasteiger partial charge in [0.15, 0.2) is 0 Å². The van der Waals surface area contributed by atoms with Gasteiger partial charge in [-0.05, 0) is 43.2 Å². The van der Waals surface area contributed by atoms with E-state index in [1.165, 1.54) is 6.20 Å². The van der Waals surface area contributed by atoms with Gasteiger partial charge in [-0.2, -0.15) is 0 Å². The fourth-order valence-corrected chi connectivity index (χ4v) is 2.25. The predicted molar refractivity (Wildman–Crippen MR) is 78.1 cm³/mol. The lowest BCUT2D eigenvalue weighted by atomic mass is 10.1. The number of anilines is 1. The topological polar surface area (TPSA) is 42.0 Å². The summed E-state index contributed by atoms with van der Waals surface area (Å²) in [6.07, 6.45) is 1.43. The Kier molecular flexibility index (Phi) is 4.08. The van der Waals surface area contributed by atoms with E-state index >= 15 is 0 Å². The Bertz CT molecular complexity index is 601. The SMILES string of the molecule is Cc1cc(C)c(NC(=O)c2ccc(Cl)nc2)c(Cl)c1. The van der Waals surface area contributed by atoms with E-state index < -0.39 is 0 Å². The highest BCUT2D eigenvalue weighted by Crippen LogP contribution is 2.27. The Morgan fingerprint density at radius 2 is 1.95 bits per heavy atom. The average Bonchev–Trinajstić information content (AvgIpc) is 2.34. The van der Waals surface area contributed by atoms with E-state index in [-0.39, 0.29) is 5.91 Å². The lowest BCUT2D eigenvalue weighted by Crippen LogP contribution is -2.13. The minimum absolute atomic E-state index is 0.266. The molecule has 1 N–H and O–H groups in total. The molecule has 0 saturated heterocycles. The molecular formula is C14H12Cl2N2O. The number of benzene rings is 1. The molecule has 0 spiro atoms. The second kappa shape index (κ2) is 5.59. The summed E-state index contributed by atoms with van der Waals surface area (Å²) in [6, 6.07) is 6.95. The number of carbonyl (C=O) groups excluding carboxylic acids is 1. The molecule has 3 nitrogen and oxygen atoms in total. The van der Waals surface area contributed by atoms with Gasteiger partial charge < -0.3 is 5.32 Å². The minimum Gasteiger partial charge on any atom is -0.320 e. The Labute approximate surface area is 121 Å². The largest absolute Gasteiger partial charge is 0.320 e. The van der Waals surface area contributed by atoms with Crippen LogP contribution in [0.25, 0.3) is 0 Å². The highest BCUT2D eigenvalue weighted by Gasteiger charge is 2.11. The zero-order chi connectivity index (χ0) is 14.0. The molecule has 2 aromatic rings. The predicted octanol–water partition coefficient (Wildman–Crippen LogP) is 4.26. The number of nitrogens with zero attached hydrogens (tertiary/aromatic N) is 1. The summed E-state index contributed by atoms with van der Waals surface area (Å²) in [7, 11) is 0. The third-order valence-corrected chi connectivity index (χ3v) is 3.18. The second-order valence-electron chi connectivity index (χ2n) is 4.26. The van der Waals surface area contributed by atoms with Crippen LogP contribution >= 0.6 is 23.2 Å². The first-order valence-electron chi connectivity index (χ1n) is 5.67. The standard InChI is InChI=1S/C14H12Cl2N2O/c1-8-5-9(2)13(11(15)6-8)18-14(19)10-3-4-12(16)17-7-10/h3-7H,1-2H3,(H,18,19). The number of halogens is 2. The minimum atomic E-state index is -0.266. The van der Waals surface area contributed by atoms with Crippen LogP contribution in [-0.4, -0.2) is 10.9 Å². The first-order valence-corrected chi connectivity index (χ1v) is 6.42. The maximum absolute atomic E-state index is 12.1. The highest BCUT2D eigenvalue weighted by atomic mass is 35.5. The van der Waals surface area contributed by atoms with E-state index in [1.807, 2.05) is 26.0 Å². The third-order valence-electron chi connectivity index (χ3n) is 2.66. The molecule has 19 heavy (non-hydrogen) atoms. The average molecular weight is 295 g/mol. The molecule has 0 unspecified atom stereocenters. The molecule has 1 aromatic heterocycles. The van der Waals surface area contributed by atoms with Gasteiger partial charge in [0.2, 0.25) is 0 Å². The molecule has 1 aromatic carbocycles. The first-order chi connectivity index (χ1) is 8.97. The number of nitrogens with one attached hydrogen (secondary N) is 1. The van der Waals surface area contributed by atoms with Gasteiger partial charge in [0.1, 0.15) is 5.15 Å². The number of hydrogen-bond donors (Lipinski definition) is 1. The molecular weight excluding hydrogens is 283 g/mol. The molecule has 2 rings (SSSR count). The number of carbonyl (C=O) groups is 1. The van der Waals surface area contributed by atoms with Crippen molar-refractivity contribution in [3.63, 3.8) is 0 Å². The summed E-state index contributed by atoms with van der Waals surface area (Å²) in [5.41, 5.74) is 3.02. The van der Waals surface area contributed by atoms with Crippen molar-refractivity contribution in [2.24, 2.45) is 0 Å². The van der Waals surface area contributed by atoms with Gasteiger partial charge in [0.25, 0.3) is 5.91 Å². The lowest BCUT2D eigenvalue weighted by molar-refractivity contribution is 0.102. The molecule has 0 saturated carbocycles. The molecule has 0 aliphatic carbocycles. The fourth-order valence-electron chi connectivity index (χ4n) is 1.77. The lowest BCUT2D eigenvalue weighted by Gasteiger charge is -2.11. The van der Waals surface area contributed by atoms with Gasteiger partial charge in [-0.3, -0.25) is 4.79 Å². The van der Waals surface area contributed by atoms with Crippen LogP contribution in [-0.2, 0) is 0 Å². The fraction of sp³-hybridized carbons (Fsp3) is 0.143. The van der Waals surface area contributed by atoms with Gasteiger partial charge in [0, 0.05) is 6.20 Å². The van der Waals surface area contributed by atoms with Crippen LogP contribution in [0, 0.1) is 13.8 Å². The number of rotatable bonds is 2. The van der Waals surface area contributed by atoms with E-state index in [2.05, 4.69) is 10.3 Å². The molecule has 1 amide bonds. The molecule has 0 aliphatic heterocycles. The summed E-state index contributed by atoms with van der Waals surface area (Å²) < 4.78 is 0. The maximum Gasteiger partial charge on any atom is 0.257 e. The van der Waals surface area contributed by atoms with Gasteiger partial charge in [-0.25, -0.2) is 4.98 Å². The Hall–Kier alpha value is -1.58. The summed E-state index contributed by atoms with van der Waals surface area (Å²) in [4.78, 5) is 15.9. The summed E-state index contributed by atoms with van der Waals surface area (Å²) in [5.74, 6) is -0.266. The van der Waals surface area contributed by atoms with E-state index in [4.69, 9.17) is 23.2 Å². The smallest absolute Gasteiger partial charge is 0.257 e. The van der Waals surface area contributed by atoms with Crippen LogP contribution in [0.4, 0.5) is 5.69 Å². The number of aromatic nitrogens is 1. The van der Waals surface area contributed by atoms with Crippen LogP contribution in [0.2, 0.25) is 10.2 Å². The molecule has 0 aliphatic rings.